The predicted octanol–water partition coefficient (Wildman–Crippen LogP) is 13.5. The number of rotatable bonds is 4. The Morgan fingerprint density at radius 3 is 2.04 bits per heavy atom. The molecule has 2 heteroatoms. The molecule has 7 aromatic carbocycles. The van der Waals surface area contributed by atoms with Gasteiger partial charge in [-0.15, -0.1) is 0 Å². The molecule has 0 N–H and O–H groups in total. The van der Waals surface area contributed by atoms with E-state index >= 15 is 0 Å². The van der Waals surface area contributed by atoms with Crippen LogP contribution in [-0.2, 0) is 10.8 Å². The first-order chi connectivity index (χ1) is 26.4. The number of fused-ring (bicyclic) bond motifs is 10. The molecule has 2 nitrogen and oxygen atoms in total. The van der Waals surface area contributed by atoms with Gasteiger partial charge in [-0.3, -0.25) is 0 Å². The van der Waals surface area contributed by atoms with Crippen molar-refractivity contribution in [1.29, 1.82) is 0 Å². The van der Waals surface area contributed by atoms with Gasteiger partial charge in [0, 0.05) is 38.7 Å². The SMILES string of the molecule is CC12CC(c3ccc4c(c3)c3ccccc3n4-c3cccc(-c4ccccc4)c3)=CC=C1N(c1ccccc1)c1ccc3c(c12)C(C)(C)c1ccccc1-3. The van der Waals surface area contributed by atoms with Crippen molar-refractivity contribution in [1.82, 2.24) is 4.57 Å². The zero-order chi connectivity index (χ0) is 36.2. The average molecular weight is 693 g/mol. The van der Waals surface area contributed by atoms with Crippen molar-refractivity contribution in [3.8, 4) is 27.9 Å². The van der Waals surface area contributed by atoms with E-state index in [1.807, 2.05) is 0 Å². The summed E-state index contributed by atoms with van der Waals surface area (Å²) in [5.74, 6) is 0. The van der Waals surface area contributed by atoms with Gasteiger partial charge in [0.1, 0.15) is 0 Å². The highest BCUT2D eigenvalue weighted by Gasteiger charge is 2.51. The van der Waals surface area contributed by atoms with Crippen LogP contribution in [0.1, 0.15) is 49.4 Å². The van der Waals surface area contributed by atoms with Gasteiger partial charge in [-0.1, -0.05) is 135 Å². The van der Waals surface area contributed by atoms with Gasteiger partial charge < -0.3 is 9.47 Å². The summed E-state index contributed by atoms with van der Waals surface area (Å²) in [6.07, 6.45) is 5.72. The van der Waals surface area contributed by atoms with Crippen LogP contribution >= 0.6 is 0 Å². The largest absolute Gasteiger partial charge is 0.313 e. The number of benzene rings is 7. The maximum absolute atomic E-state index is 2.53. The Kier molecular flexibility index (Phi) is 6.53. The molecule has 54 heavy (non-hydrogen) atoms. The van der Waals surface area contributed by atoms with Crippen LogP contribution in [0.3, 0.4) is 0 Å². The Morgan fingerprint density at radius 1 is 0.481 bits per heavy atom. The van der Waals surface area contributed by atoms with Crippen LogP contribution < -0.4 is 4.90 Å². The van der Waals surface area contributed by atoms with Crippen molar-refractivity contribution in [3.05, 3.63) is 204 Å². The molecule has 1 aliphatic heterocycles. The zero-order valence-electron chi connectivity index (χ0n) is 30.8. The first-order valence-electron chi connectivity index (χ1n) is 19.2. The van der Waals surface area contributed by atoms with Crippen molar-refractivity contribution >= 4 is 38.8 Å². The average Bonchev–Trinajstić information content (AvgIpc) is 3.78. The van der Waals surface area contributed by atoms with Crippen molar-refractivity contribution < 1.29 is 0 Å². The molecule has 2 heterocycles. The van der Waals surface area contributed by atoms with Gasteiger partial charge in [-0.2, -0.15) is 0 Å². The highest BCUT2D eigenvalue weighted by atomic mass is 15.2. The first-order valence-corrected chi connectivity index (χ1v) is 19.2. The van der Waals surface area contributed by atoms with Crippen molar-refractivity contribution in [2.24, 2.45) is 0 Å². The Labute approximate surface area is 317 Å². The molecule has 2 aliphatic carbocycles. The molecular formula is C52H40N2. The van der Waals surface area contributed by atoms with E-state index in [4.69, 9.17) is 0 Å². The summed E-state index contributed by atoms with van der Waals surface area (Å²) in [5.41, 5.74) is 19.4. The van der Waals surface area contributed by atoms with Gasteiger partial charge in [-0.25, -0.2) is 0 Å². The molecule has 0 amide bonds. The van der Waals surface area contributed by atoms with Crippen LogP contribution in [0.25, 0.3) is 55.3 Å². The van der Waals surface area contributed by atoms with E-state index in [9.17, 15) is 0 Å². The molecule has 1 aromatic heterocycles. The molecule has 0 radical (unpaired) electrons. The number of aromatic nitrogens is 1. The third-order valence-corrected chi connectivity index (χ3v) is 12.6. The van der Waals surface area contributed by atoms with Crippen molar-refractivity contribution in [2.45, 2.75) is 38.0 Å². The van der Waals surface area contributed by atoms with E-state index in [1.54, 1.807) is 0 Å². The summed E-state index contributed by atoms with van der Waals surface area (Å²) in [7, 11) is 0. The van der Waals surface area contributed by atoms with Crippen LogP contribution in [0.4, 0.5) is 11.4 Å². The summed E-state index contributed by atoms with van der Waals surface area (Å²) < 4.78 is 2.43. The standard InChI is InChI=1S/C52H40N2/c1-51(2)44-23-12-10-21-40(44)42-27-29-47-50(49(42)51)52(3)33-37(26-30-48(52)54(47)38-18-8-5-9-19-38)36-25-28-46-43(32-36)41-22-11-13-24-45(41)53(46)39-20-14-17-35(31-39)34-15-6-4-7-16-34/h4-32H,33H2,1-3H3. The molecule has 8 aromatic rings. The van der Waals surface area contributed by atoms with Crippen LogP contribution in [0.15, 0.2) is 182 Å². The predicted molar refractivity (Wildman–Crippen MR) is 227 cm³/mol. The number of hydrogen-bond donors (Lipinski definition) is 0. The Morgan fingerprint density at radius 2 is 1.19 bits per heavy atom. The van der Waals surface area contributed by atoms with E-state index in [1.165, 1.54) is 94.6 Å². The quantitative estimate of drug-likeness (QED) is 0.178. The first kappa shape index (κ1) is 31.2. The minimum Gasteiger partial charge on any atom is -0.313 e. The molecular weight excluding hydrogens is 653 g/mol. The molecule has 0 saturated heterocycles. The van der Waals surface area contributed by atoms with Gasteiger partial charge in [0.15, 0.2) is 0 Å². The summed E-state index contributed by atoms with van der Waals surface area (Å²) in [6.45, 7) is 7.35. The van der Waals surface area contributed by atoms with E-state index in [0.29, 0.717) is 0 Å². The lowest BCUT2D eigenvalue weighted by molar-refractivity contribution is 0.559. The van der Waals surface area contributed by atoms with E-state index in [0.717, 1.165) is 6.42 Å². The third-order valence-electron chi connectivity index (χ3n) is 12.6. The maximum atomic E-state index is 2.53. The monoisotopic (exact) mass is 692 g/mol. The van der Waals surface area contributed by atoms with Gasteiger partial charge in [0.2, 0.25) is 0 Å². The lowest BCUT2D eigenvalue weighted by atomic mass is 9.67. The summed E-state index contributed by atoms with van der Waals surface area (Å²) in [4.78, 5) is 2.53. The molecule has 1 unspecified atom stereocenters. The fourth-order valence-corrected chi connectivity index (χ4v) is 10.1. The van der Waals surface area contributed by atoms with Crippen LogP contribution in [-0.4, -0.2) is 4.57 Å². The number of allylic oxidation sites excluding steroid dienone is 4. The maximum Gasteiger partial charge on any atom is 0.0541 e. The molecule has 258 valence electrons. The molecule has 0 saturated carbocycles. The topological polar surface area (TPSA) is 8.17 Å². The van der Waals surface area contributed by atoms with Crippen LogP contribution in [0.2, 0.25) is 0 Å². The summed E-state index contributed by atoms with van der Waals surface area (Å²) in [5, 5.41) is 2.56. The molecule has 3 aliphatic rings. The highest BCUT2D eigenvalue weighted by Crippen LogP contribution is 2.63. The Bertz CT molecular complexity index is 2890. The highest BCUT2D eigenvalue weighted by molar-refractivity contribution is 6.10. The third kappa shape index (κ3) is 4.28. The lowest BCUT2D eigenvalue weighted by Gasteiger charge is -2.36. The van der Waals surface area contributed by atoms with Gasteiger partial charge in [0.25, 0.3) is 0 Å². The van der Waals surface area contributed by atoms with Crippen molar-refractivity contribution in [2.75, 3.05) is 4.90 Å². The zero-order valence-corrected chi connectivity index (χ0v) is 30.8. The summed E-state index contributed by atoms with van der Waals surface area (Å²) >= 11 is 0. The van der Waals surface area contributed by atoms with Gasteiger partial charge in [0.05, 0.1) is 16.7 Å². The number of hydrogen-bond acceptors (Lipinski definition) is 1. The normalized spacial score (nSPS) is 17.9. The van der Waals surface area contributed by atoms with E-state index < -0.39 is 0 Å². The smallest absolute Gasteiger partial charge is 0.0541 e. The molecule has 11 rings (SSSR count). The number of nitrogens with zero attached hydrogens (tertiary/aromatic N) is 2. The van der Waals surface area contributed by atoms with Gasteiger partial charge in [-0.05, 0) is 118 Å². The second-order valence-corrected chi connectivity index (χ2v) is 16.0. The lowest BCUT2D eigenvalue weighted by Crippen LogP contribution is -2.30. The molecule has 0 spiro atoms. The molecule has 0 bridgehead atoms. The molecule has 0 fully saturated rings. The van der Waals surface area contributed by atoms with Crippen LogP contribution in [0, 0.1) is 0 Å². The van der Waals surface area contributed by atoms with E-state index in [-0.39, 0.29) is 10.8 Å². The fraction of sp³-hybridized carbons (Fsp3) is 0.115. The number of anilines is 2. The fourth-order valence-electron chi connectivity index (χ4n) is 10.1. The summed E-state index contributed by atoms with van der Waals surface area (Å²) in [6, 6.07) is 60.4. The Balaban J connectivity index is 1.08. The second kappa shape index (κ2) is 11.3. The second-order valence-electron chi connectivity index (χ2n) is 16.0. The van der Waals surface area contributed by atoms with Crippen molar-refractivity contribution in [3.63, 3.8) is 0 Å². The Hall–Kier alpha value is -6.38. The number of para-hydroxylation sites is 2. The minimum absolute atomic E-state index is 0.113. The van der Waals surface area contributed by atoms with Crippen LogP contribution in [0.5, 0.6) is 0 Å². The molecule has 1 atom stereocenters. The van der Waals surface area contributed by atoms with E-state index in [2.05, 4.69) is 206 Å². The minimum atomic E-state index is -0.221. The van der Waals surface area contributed by atoms with Gasteiger partial charge >= 0.3 is 0 Å².